The first-order valence-electron chi connectivity index (χ1n) is 11.6. The van der Waals surface area contributed by atoms with Gasteiger partial charge in [-0.15, -0.1) is 0 Å². The highest BCUT2D eigenvalue weighted by molar-refractivity contribution is 7.89. The Bertz CT molecular complexity index is 1100. The highest BCUT2D eigenvalue weighted by atomic mass is 35.5. The molecule has 2 aromatic rings. The minimum atomic E-state index is -3.51. The number of rotatable bonds is 13. The normalized spacial score (nSPS) is 14.4. The number of nitrogens with zero attached hydrogens (tertiary/aromatic N) is 1. The summed E-state index contributed by atoms with van der Waals surface area (Å²) in [7, 11) is -1.96. The minimum Gasteiger partial charge on any atom is -0.383 e. The highest BCUT2D eigenvalue weighted by Gasteiger charge is 2.28. The predicted molar refractivity (Wildman–Crippen MR) is 134 cm³/mol. The molecular formula is C25H32ClN3O5S. The number of carbonyl (C=O) groups excluding carboxylic acids is 2. The molecule has 1 fully saturated rings. The second-order valence-corrected chi connectivity index (χ2v) is 10.8. The van der Waals surface area contributed by atoms with Gasteiger partial charge in [-0.05, 0) is 61.6 Å². The molecule has 8 nitrogen and oxygen atoms in total. The van der Waals surface area contributed by atoms with Crippen LogP contribution in [0.4, 0.5) is 0 Å². The fourth-order valence-corrected chi connectivity index (χ4v) is 4.94. The number of nitrogens with one attached hydrogen (secondary N) is 2. The van der Waals surface area contributed by atoms with Crippen LogP contribution in [0.25, 0.3) is 0 Å². The number of carbonyl (C=O) groups is 2. The number of hydrogen-bond donors (Lipinski definition) is 2. The maximum Gasteiger partial charge on any atom is 0.242 e. The first kappa shape index (κ1) is 27.1. The summed E-state index contributed by atoms with van der Waals surface area (Å²) in [4.78, 5) is 27.6. The van der Waals surface area contributed by atoms with E-state index in [1.54, 1.807) is 55.3 Å². The number of amides is 2. The molecule has 190 valence electrons. The van der Waals surface area contributed by atoms with Gasteiger partial charge in [-0.3, -0.25) is 9.59 Å². The lowest BCUT2D eigenvalue weighted by Gasteiger charge is -2.29. The maximum atomic E-state index is 13.2. The van der Waals surface area contributed by atoms with Crippen molar-refractivity contribution in [1.29, 1.82) is 0 Å². The van der Waals surface area contributed by atoms with Crippen molar-refractivity contribution in [2.45, 2.75) is 56.1 Å². The fourth-order valence-electron chi connectivity index (χ4n) is 3.51. The summed E-state index contributed by atoms with van der Waals surface area (Å²) in [5.74, 6) is -0.441. The van der Waals surface area contributed by atoms with Crippen LogP contribution >= 0.6 is 11.6 Å². The van der Waals surface area contributed by atoms with E-state index in [0.29, 0.717) is 24.6 Å². The van der Waals surface area contributed by atoms with Crippen molar-refractivity contribution in [2.75, 3.05) is 20.3 Å². The predicted octanol–water partition coefficient (Wildman–Crippen LogP) is 2.89. The van der Waals surface area contributed by atoms with Gasteiger partial charge < -0.3 is 15.0 Å². The van der Waals surface area contributed by atoms with Crippen LogP contribution in [0, 0.1) is 0 Å². The first-order valence-corrected chi connectivity index (χ1v) is 13.5. The van der Waals surface area contributed by atoms with Gasteiger partial charge in [0.2, 0.25) is 21.8 Å². The second-order valence-electron chi connectivity index (χ2n) is 8.65. The van der Waals surface area contributed by atoms with Crippen molar-refractivity contribution in [2.24, 2.45) is 0 Å². The van der Waals surface area contributed by atoms with Crippen LogP contribution in [0.15, 0.2) is 53.4 Å². The molecule has 0 spiro atoms. The van der Waals surface area contributed by atoms with Crippen LogP contribution in [0.3, 0.4) is 0 Å². The summed E-state index contributed by atoms with van der Waals surface area (Å²) in [6, 6.07) is 13.1. The maximum absolute atomic E-state index is 13.2. The van der Waals surface area contributed by atoms with Crippen molar-refractivity contribution in [3.63, 3.8) is 0 Å². The molecule has 2 amide bonds. The smallest absolute Gasteiger partial charge is 0.242 e. The zero-order valence-electron chi connectivity index (χ0n) is 20.0. The van der Waals surface area contributed by atoms with Crippen LogP contribution in [0.2, 0.25) is 5.02 Å². The van der Waals surface area contributed by atoms with E-state index in [0.717, 1.165) is 24.0 Å². The molecule has 1 atom stereocenters. The quantitative estimate of drug-likeness (QED) is 0.394. The molecule has 1 unspecified atom stereocenters. The number of sulfonamides is 1. The van der Waals surface area contributed by atoms with Gasteiger partial charge in [-0.2, -0.15) is 0 Å². The zero-order chi connectivity index (χ0) is 25.4. The monoisotopic (exact) mass is 521 g/mol. The molecule has 0 bridgehead atoms. The summed E-state index contributed by atoms with van der Waals surface area (Å²) in [5, 5.41) is 3.38. The molecule has 0 heterocycles. The van der Waals surface area contributed by atoms with Crippen molar-refractivity contribution in [3.8, 4) is 0 Å². The third-order valence-electron chi connectivity index (χ3n) is 5.80. The number of aryl methyl sites for hydroxylation is 1. The van der Waals surface area contributed by atoms with Crippen LogP contribution in [-0.2, 0) is 37.3 Å². The van der Waals surface area contributed by atoms with Gasteiger partial charge in [0.1, 0.15) is 6.04 Å². The number of methoxy groups -OCH3 is 1. The van der Waals surface area contributed by atoms with E-state index in [1.807, 2.05) is 12.1 Å². The van der Waals surface area contributed by atoms with Crippen molar-refractivity contribution in [3.05, 3.63) is 64.7 Å². The highest BCUT2D eigenvalue weighted by Crippen LogP contribution is 2.22. The van der Waals surface area contributed by atoms with Gasteiger partial charge >= 0.3 is 0 Å². The van der Waals surface area contributed by atoms with E-state index in [2.05, 4.69) is 10.0 Å². The van der Waals surface area contributed by atoms with Crippen LogP contribution in [-0.4, -0.2) is 57.5 Å². The van der Waals surface area contributed by atoms with Crippen LogP contribution < -0.4 is 10.0 Å². The van der Waals surface area contributed by atoms with Gasteiger partial charge in [-0.25, -0.2) is 13.1 Å². The zero-order valence-corrected chi connectivity index (χ0v) is 21.6. The Morgan fingerprint density at radius 3 is 2.31 bits per heavy atom. The lowest BCUT2D eigenvalue weighted by molar-refractivity contribution is -0.140. The first-order chi connectivity index (χ1) is 16.7. The molecule has 3 rings (SSSR count). The van der Waals surface area contributed by atoms with E-state index < -0.39 is 16.1 Å². The standard InChI is InChI=1S/C25H32ClN3O5S/c1-18(25(31)27-15-16-34-2)29(17-20-3-8-21(26)9-4-20)24(30)14-7-19-5-12-23(13-6-19)35(32,33)28-22-10-11-22/h3-6,8-9,12-13,18,22,28H,7,10-11,14-17H2,1-2H3,(H,27,31). The number of halogens is 1. The second kappa shape index (κ2) is 12.5. The van der Waals surface area contributed by atoms with E-state index in [9.17, 15) is 18.0 Å². The van der Waals surface area contributed by atoms with Crippen LogP contribution in [0.5, 0.6) is 0 Å². The molecular weight excluding hydrogens is 490 g/mol. The average molecular weight is 522 g/mol. The molecule has 0 aromatic heterocycles. The summed E-state index contributed by atoms with van der Waals surface area (Å²) >= 11 is 5.98. The Balaban J connectivity index is 1.65. The Hall–Kier alpha value is -2.46. The van der Waals surface area contributed by atoms with E-state index in [1.165, 1.54) is 0 Å². The molecule has 0 aliphatic heterocycles. The largest absolute Gasteiger partial charge is 0.383 e. The minimum absolute atomic E-state index is 0.0395. The molecule has 2 N–H and O–H groups in total. The van der Waals surface area contributed by atoms with Gasteiger partial charge in [0, 0.05) is 37.7 Å². The van der Waals surface area contributed by atoms with Crippen molar-refractivity contribution < 1.29 is 22.7 Å². The number of ether oxygens (including phenoxy) is 1. The number of benzene rings is 2. The molecule has 1 aliphatic rings. The Morgan fingerprint density at radius 1 is 1.09 bits per heavy atom. The van der Waals surface area contributed by atoms with Gasteiger partial charge in [0.05, 0.1) is 11.5 Å². The third kappa shape index (κ3) is 8.31. The van der Waals surface area contributed by atoms with Gasteiger partial charge in [0.25, 0.3) is 0 Å². The number of hydrogen-bond acceptors (Lipinski definition) is 5. The fraction of sp³-hybridized carbons (Fsp3) is 0.440. The SMILES string of the molecule is COCCNC(=O)C(C)N(Cc1ccc(Cl)cc1)C(=O)CCc1ccc(S(=O)(=O)NC2CC2)cc1. The van der Waals surface area contributed by atoms with Gasteiger partial charge in [0.15, 0.2) is 0 Å². The van der Waals surface area contributed by atoms with E-state index in [-0.39, 0.29) is 35.7 Å². The topological polar surface area (TPSA) is 105 Å². The molecule has 1 saturated carbocycles. The van der Waals surface area contributed by atoms with Crippen LogP contribution in [0.1, 0.15) is 37.3 Å². The molecule has 0 radical (unpaired) electrons. The Kier molecular flexibility index (Phi) is 9.68. The molecule has 2 aromatic carbocycles. The van der Waals surface area contributed by atoms with Gasteiger partial charge in [-0.1, -0.05) is 35.9 Å². The average Bonchev–Trinajstić information content (AvgIpc) is 3.65. The van der Waals surface area contributed by atoms with E-state index >= 15 is 0 Å². The van der Waals surface area contributed by atoms with E-state index in [4.69, 9.17) is 16.3 Å². The Morgan fingerprint density at radius 2 is 1.71 bits per heavy atom. The third-order valence-corrected chi connectivity index (χ3v) is 7.59. The summed E-state index contributed by atoms with van der Waals surface area (Å²) in [5.41, 5.74) is 1.70. The molecule has 35 heavy (non-hydrogen) atoms. The molecule has 1 aliphatic carbocycles. The summed E-state index contributed by atoms with van der Waals surface area (Å²) < 4.78 is 32.3. The lowest BCUT2D eigenvalue weighted by Crippen LogP contribution is -2.48. The van der Waals surface area contributed by atoms with Crippen molar-refractivity contribution >= 4 is 33.4 Å². The summed E-state index contributed by atoms with van der Waals surface area (Å²) in [6.07, 6.45) is 2.34. The summed E-state index contributed by atoms with van der Waals surface area (Å²) in [6.45, 7) is 2.69. The molecule has 0 saturated heterocycles. The molecule has 10 heteroatoms. The van der Waals surface area contributed by atoms with Crippen molar-refractivity contribution in [1.82, 2.24) is 14.9 Å². The lowest BCUT2D eigenvalue weighted by atomic mass is 10.1. The Labute approximate surface area is 212 Å².